The predicted molar refractivity (Wildman–Crippen MR) is 82.0 cm³/mol. The third-order valence-electron chi connectivity index (χ3n) is 5.22. The highest BCUT2D eigenvalue weighted by atomic mass is 16.4. The van der Waals surface area contributed by atoms with Crippen LogP contribution in [0.15, 0.2) is 24.3 Å². The van der Waals surface area contributed by atoms with Crippen LogP contribution in [-0.2, 0) is 11.3 Å². The third kappa shape index (κ3) is 3.38. The number of hydrogen-bond donors (Lipinski definition) is 3. The maximum absolute atomic E-state index is 11.4. The molecule has 0 spiro atoms. The van der Waals surface area contributed by atoms with Gasteiger partial charge in [0, 0.05) is 12.6 Å². The van der Waals surface area contributed by atoms with E-state index in [0.29, 0.717) is 19.0 Å². The van der Waals surface area contributed by atoms with Gasteiger partial charge in [-0.15, -0.1) is 0 Å². The summed E-state index contributed by atoms with van der Waals surface area (Å²) < 4.78 is 0. The van der Waals surface area contributed by atoms with E-state index in [2.05, 4.69) is 26.1 Å². The number of rotatable bonds is 4. The lowest BCUT2D eigenvalue weighted by Crippen LogP contribution is -2.50. The highest BCUT2D eigenvalue weighted by molar-refractivity contribution is 5.71. The van der Waals surface area contributed by atoms with Crippen LogP contribution in [0.3, 0.4) is 0 Å². The van der Waals surface area contributed by atoms with Crippen LogP contribution in [0.25, 0.3) is 0 Å². The number of carboxylic acids is 1. The standard InChI is InChI=1S/C17H25NO3/c1-11-15(8-7-14(16(20)21)17(11,2)3)18-10-12-5-4-6-13(19)9-12/h4-6,9,11,14-15,18-19H,7-8,10H2,1-3H3,(H,20,21). The normalized spacial score (nSPS) is 28.2. The van der Waals surface area contributed by atoms with E-state index in [1.165, 1.54) is 0 Å². The van der Waals surface area contributed by atoms with Crippen molar-refractivity contribution in [3.8, 4) is 5.75 Å². The fraction of sp³-hybridized carbons (Fsp3) is 0.588. The Morgan fingerprint density at radius 3 is 2.71 bits per heavy atom. The summed E-state index contributed by atoms with van der Waals surface area (Å²) in [6, 6.07) is 7.53. The Hall–Kier alpha value is -1.55. The molecule has 0 bridgehead atoms. The van der Waals surface area contributed by atoms with Gasteiger partial charge >= 0.3 is 5.97 Å². The Bertz CT molecular complexity index is 513. The zero-order chi connectivity index (χ0) is 15.6. The van der Waals surface area contributed by atoms with E-state index in [0.717, 1.165) is 12.0 Å². The number of benzene rings is 1. The summed E-state index contributed by atoms with van der Waals surface area (Å²) in [6.45, 7) is 6.93. The topological polar surface area (TPSA) is 69.6 Å². The van der Waals surface area contributed by atoms with Gasteiger partial charge in [0.1, 0.15) is 5.75 Å². The van der Waals surface area contributed by atoms with Crippen molar-refractivity contribution in [3.05, 3.63) is 29.8 Å². The van der Waals surface area contributed by atoms with Crippen LogP contribution in [0.1, 0.15) is 39.2 Å². The lowest BCUT2D eigenvalue weighted by atomic mass is 9.61. The van der Waals surface area contributed by atoms with E-state index in [1.54, 1.807) is 12.1 Å². The van der Waals surface area contributed by atoms with Gasteiger partial charge in [-0.3, -0.25) is 4.79 Å². The minimum atomic E-state index is -0.682. The Balaban J connectivity index is 2.01. The van der Waals surface area contributed by atoms with Crippen LogP contribution in [0.4, 0.5) is 0 Å². The molecular weight excluding hydrogens is 266 g/mol. The fourth-order valence-electron chi connectivity index (χ4n) is 3.44. The Morgan fingerprint density at radius 1 is 1.38 bits per heavy atom. The molecule has 0 heterocycles. The Kier molecular flexibility index (Phi) is 4.57. The average Bonchev–Trinajstić information content (AvgIpc) is 2.40. The third-order valence-corrected chi connectivity index (χ3v) is 5.22. The molecule has 4 heteroatoms. The van der Waals surface area contributed by atoms with Crippen molar-refractivity contribution >= 4 is 5.97 Å². The molecule has 3 N–H and O–H groups in total. The summed E-state index contributed by atoms with van der Waals surface area (Å²) in [5.74, 6) is -0.397. The number of nitrogens with one attached hydrogen (secondary N) is 1. The highest BCUT2D eigenvalue weighted by Crippen LogP contribution is 2.45. The molecule has 1 saturated carbocycles. The lowest BCUT2D eigenvalue weighted by Gasteiger charge is -2.46. The van der Waals surface area contributed by atoms with E-state index in [1.807, 2.05) is 12.1 Å². The largest absolute Gasteiger partial charge is 0.508 e. The number of phenols is 1. The van der Waals surface area contributed by atoms with Crippen molar-refractivity contribution in [2.45, 2.75) is 46.2 Å². The minimum Gasteiger partial charge on any atom is -0.508 e. The Labute approximate surface area is 126 Å². The van der Waals surface area contributed by atoms with Crippen LogP contribution in [0, 0.1) is 17.3 Å². The second-order valence-electron chi connectivity index (χ2n) is 6.74. The number of carbonyl (C=O) groups is 1. The summed E-state index contributed by atoms with van der Waals surface area (Å²) in [7, 11) is 0. The molecular formula is C17H25NO3. The van der Waals surface area contributed by atoms with E-state index in [4.69, 9.17) is 0 Å². The van der Waals surface area contributed by atoms with E-state index in [-0.39, 0.29) is 23.0 Å². The van der Waals surface area contributed by atoms with Crippen LogP contribution in [0.5, 0.6) is 5.75 Å². The fourth-order valence-corrected chi connectivity index (χ4v) is 3.44. The number of aromatic hydroxyl groups is 1. The molecule has 1 aromatic rings. The first-order chi connectivity index (χ1) is 9.82. The molecule has 3 unspecified atom stereocenters. The molecule has 0 amide bonds. The first-order valence-corrected chi connectivity index (χ1v) is 7.56. The van der Waals surface area contributed by atoms with Gasteiger partial charge in [-0.2, -0.15) is 0 Å². The van der Waals surface area contributed by atoms with Gasteiger partial charge in [0.2, 0.25) is 0 Å². The van der Waals surface area contributed by atoms with Gasteiger partial charge in [-0.25, -0.2) is 0 Å². The zero-order valence-electron chi connectivity index (χ0n) is 13.0. The quantitative estimate of drug-likeness (QED) is 0.797. The van der Waals surface area contributed by atoms with Crippen molar-refractivity contribution in [1.82, 2.24) is 5.32 Å². The molecule has 2 rings (SSSR count). The molecule has 0 radical (unpaired) electrons. The number of phenolic OH excluding ortho intramolecular Hbond substituents is 1. The maximum atomic E-state index is 11.4. The SMILES string of the molecule is CC1C(NCc2cccc(O)c2)CCC(C(=O)O)C1(C)C. The van der Waals surface area contributed by atoms with E-state index in [9.17, 15) is 15.0 Å². The summed E-state index contributed by atoms with van der Waals surface area (Å²) in [5.41, 5.74) is 0.820. The molecule has 116 valence electrons. The second-order valence-corrected chi connectivity index (χ2v) is 6.74. The number of carboxylic acid groups (broad SMARTS) is 1. The van der Waals surface area contributed by atoms with Gasteiger partial charge < -0.3 is 15.5 Å². The summed E-state index contributed by atoms with van der Waals surface area (Å²) in [5, 5.41) is 22.4. The molecule has 0 aromatic heterocycles. The number of hydrogen-bond acceptors (Lipinski definition) is 3. The average molecular weight is 291 g/mol. The first-order valence-electron chi connectivity index (χ1n) is 7.56. The molecule has 3 atom stereocenters. The summed E-state index contributed by atoms with van der Waals surface area (Å²) in [6.07, 6.45) is 1.59. The maximum Gasteiger partial charge on any atom is 0.307 e. The van der Waals surface area contributed by atoms with Gasteiger partial charge in [-0.05, 0) is 41.9 Å². The van der Waals surface area contributed by atoms with Crippen LogP contribution < -0.4 is 5.32 Å². The van der Waals surface area contributed by atoms with Crippen LogP contribution in [0.2, 0.25) is 0 Å². The van der Waals surface area contributed by atoms with Crippen molar-refractivity contribution in [1.29, 1.82) is 0 Å². The van der Waals surface area contributed by atoms with Crippen molar-refractivity contribution in [2.24, 2.45) is 17.3 Å². The predicted octanol–water partition coefficient (Wildman–Crippen LogP) is 3.01. The van der Waals surface area contributed by atoms with Gasteiger partial charge in [0.15, 0.2) is 0 Å². The van der Waals surface area contributed by atoms with Crippen molar-refractivity contribution in [2.75, 3.05) is 0 Å². The van der Waals surface area contributed by atoms with Gasteiger partial charge in [0.25, 0.3) is 0 Å². The molecule has 0 aliphatic heterocycles. The van der Waals surface area contributed by atoms with Gasteiger partial charge in [-0.1, -0.05) is 32.9 Å². The molecule has 1 aliphatic rings. The minimum absolute atomic E-state index is 0.222. The molecule has 1 aromatic carbocycles. The van der Waals surface area contributed by atoms with Crippen LogP contribution in [-0.4, -0.2) is 22.2 Å². The summed E-state index contributed by atoms with van der Waals surface area (Å²) in [4.78, 5) is 11.4. The van der Waals surface area contributed by atoms with E-state index < -0.39 is 5.97 Å². The molecule has 1 aliphatic carbocycles. The van der Waals surface area contributed by atoms with E-state index >= 15 is 0 Å². The Morgan fingerprint density at radius 2 is 2.10 bits per heavy atom. The molecule has 21 heavy (non-hydrogen) atoms. The zero-order valence-corrected chi connectivity index (χ0v) is 13.0. The van der Waals surface area contributed by atoms with Crippen LogP contribution >= 0.6 is 0 Å². The monoisotopic (exact) mass is 291 g/mol. The highest BCUT2D eigenvalue weighted by Gasteiger charge is 2.45. The van der Waals surface area contributed by atoms with Gasteiger partial charge in [0.05, 0.1) is 5.92 Å². The smallest absolute Gasteiger partial charge is 0.307 e. The number of aliphatic carboxylic acids is 1. The van der Waals surface area contributed by atoms with Crippen molar-refractivity contribution in [3.63, 3.8) is 0 Å². The summed E-state index contributed by atoms with van der Waals surface area (Å²) >= 11 is 0. The van der Waals surface area contributed by atoms with Crippen molar-refractivity contribution < 1.29 is 15.0 Å². The first kappa shape index (κ1) is 15.8. The molecule has 1 fully saturated rings. The molecule has 0 saturated heterocycles. The lowest BCUT2D eigenvalue weighted by molar-refractivity contribution is -0.150. The second kappa shape index (κ2) is 6.06. The molecule has 4 nitrogen and oxygen atoms in total.